The Hall–Kier alpha value is -1.55. The lowest BCUT2D eigenvalue weighted by Crippen LogP contribution is -2.01. The summed E-state index contributed by atoms with van der Waals surface area (Å²) in [7, 11) is 0. The number of benzene rings is 1. The quantitative estimate of drug-likeness (QED) is 0.853. The first kappa shape index (κ1) is 11.5. The number of hydrogen-bond donors (Lipinski definition) is 1. The van der Waals surface area contributed by atoms with Crippen LogP contribution in [0.15, 0.2) is 29.2 Å². The van der Waals surface area contributed by atoms with Gasteiger partial charge in [-0.1, -0.05) is 6.07 Å². The predicted molar refractivity (Wildman–Crippen MR) is 75.7 cm³/mol. The molecule has 18 heavy (non-hydrogen) atoms. The van der Waals surface area contributed by atoms with E-state index in [1.165, 1.54) is 22.6 Å². The summed E-state index contributed by atoms with van der Waals surface area (Å²) < 4.78 is 0. The van der Waals surface area contributed by atoms with E-state index in [1.54, 1.807) is 0 Å². The zero-order valence-electron chi connectivity index (χ0n) is 10.3. The van der Waals surface area contributed by atoms with E-state index >= 15 is 0 Å². The number of nitrogens with two attached hydrogens (primary N) is 1. The summed E-state index contributed by atoms with van der Waals surface area (Å²) in [5.41, 5.74) is 10.1. The zero-order valence-corrected chi connectivity index (χ0v) is 11.1. The van der Waals surface area contributed by atoms with Crippen LogP contribution in [0.3, 0.4) is 0 Å². The molecular weight excluding hydrogens is 242 g/mol. The second kappa shape index (κ2) is 4.61. The third kappa shape index (κ3) is 2.20. The molecule has 4 heteroatoms. The van der Waals surface area contributed by atoms with E-state index < -0.39 is 0 Å². The fourth-order valence-corrected chi connectivity index (χ4v) is 3.28. The number of fused-ring (bicyclic) bond motifs is 1. The van der Waals surface area contributed by atoms with Gasteiger partial charge in [0, 0.05) is 16.2 Å². The summed E-state index contributed by atoms with van der Waals surface area (Å²) in [5.74, 6) is 1.57. The highest BCUT2D eigenvalue weighted by molar-refractivity contribution is 7.99. The van der Waals surface area contributed by atoms with Crippen molar-refractivity contribution >= 4 is 17.7 Å². The van der Waals surface area contributed by atoms with Gasteiger partial charge in [0.2, 0.25) is 5.95 Å². The topological polar surface area (TPSA) is 51.8 Å². The third-order valence-electron chi connectivity index (χ3n) is 3.08. The van der Waals surface area contributed by atoms with Crippen LogP contribution in [0.5, 0.6) is 0 Å². The molecule has 0 amide bonds. The maximum absolute atomic E-state index is 5.71. The average Bonchev–Trinajstić information content (AvgIpc) is 2.37. The normalized spacial score (nSPS) is 14.3. The highest BCUT2D eigenvalue weighted by Crippen LogP contribution is 2.32. The van der Waals surface area contributed by atoms with E-state index in [9.17, 15) is 0 Å². The smallest absolute Gasteiger partial charge is 0.220 e. The van der Waals surface area contributed by atoms with Gasteiger partial charge in [-0.2, -0.15) is 0 Å². The number of nitrogens with zero attached hydrogens (tertiary/aromatic N) is 2. The molecule has 0 radical (unpaired) electrons. The van der Waals surface area contributed by atoms with Crippen molar-refractivity contribution in [3.8, 4) is 11.3 Å². The van der Waals surface area contributed by atoms with Crippen LogP contribution in [-0.4, -0.2) is 15.7 Å². The fourth-order valence-electron chi connectivity index (χ4n) is 2.26. The molecule has 92 valence electrons. The Kier molecular flexibility index (Phi) is 2.96. The van der Waals surface area contributed by atoms with E-state index in [-0.39, 0.29) is 0 Å². The zero-order chi connectivity index (χ0) is 12.5. The molecule has 0 saturated heterocycles. The minimum Gasteiger partial charge on any atom is -0.368 e. The van der Waals surface area contributed by atoms with Crippen LogP contribution in [0, 0.1) is 6.92 Å². The Balaban J connectivity index is 2.06. The van der Waals surface area contributed by atoms with Gasteiger partial charge in [0.25, 0.3) is 0 Å². The number of nitrogen functional groups attached to an aromatic ring is 1. The van der Waals surface area contributed by atoms with Gasteiger partial charge in [-0.15, -0.1) is 11.8 Å². The molecule has 3 rings (SSSR count). The van der Waals surface area contributed by atoms with Crippen LogP contribution in [0.1, 0.15) is 17.7 Å². The van der Waals surface area contributed by atoms with Gasteiger partial charge in [0.15, 0.2) is 0 Å². The monoisotopic (exact) mass is 257 g/mol. The standard InChI is InChI=1S/C14H15N3S/c1-9-7-12(17-14(15)16-9)10-4-5-13-11(8-10)3-2-6-18-13/h4-5,7-8H,2-3,6H2,1H3,(H2,15,16,17). The number of aryl methyl sites for hydroxylation is 2. The summed E-state index contributed by atoms with van der Waals surface area (Å²) in [6.07, 6.45) is 2.42. The van der Waals surface area contributed by atoms with Crippen LogP contribution in [0.4, 0.5) is 5.95 Å². The Morgan fingerprint density at radius 2 is 2.11 bits per heavy atom. The Morgan fingerprint density at radius 1 is 1.22 bits per heavy atom. The minimum absolute atomic E-state index is 0.345. The van der Waals surface area contributed by atoms with Crippen molar-refractivity contribution < 1.29 is 0 Å². The van der Waals surface area contributed by atoms with Crippen molar-refractivity contribution in [2.75, 3.05) is 11.5 Å². The molecule has 1 aliphatic heterocycles. The largest absolute Gasteiger partial charge is 0.368 e. The molecule has 0 saturated carbocycles. The molecule has 1 aromatic heterocycles. The fraction of sp³-hybridized carbons (Fsp3) is 0.286. The lowest BCUT2D eigenvalue weighted by molar-refractivity contribution is 0.890. The summed E-state index contributed by atoms with van der Waals surface area (Å²) in [6.45, 7) is 1.94. The number of rotatable bonds is 1. The van der Waals surface area contributed by atoms with Crippen molar-refractivity contribution in [2.24, 2.45) is 0 Å². The van der Waals surface area contributed by atoms with E-state index in [4.69, 9.17) is 5.73 Å². The van der Waals surface area contributed by atoms with E-state index in [0.717, 1.165) is 23.4 Å². The molecule has 2 heterocycles. The number of hydrogen-bond acceptors (Lipinski definition) is 4. The maximum atomic E-state index is 5.71. The molecule has 0 fully saturated rings. The SMILES string of the molecule is Cc1cc(-c2ccc3c(c2)CCCS3)nc(N)n1. The molecule has 2 aromatic rings. The van der Waals surface area contributed by atoms with Crippen LogP contribution >= 0.6 is 11.8 Å². The van der Waals surface area contributed by atoms with Crippen LogP contribution in [-0.2, 0) is 6.42 Å². The molecule has 0 unspecified atom stereocenters. The lowest BCUT2D eigenvalue weighted by Gasteiger charge is -2.16. The summed E-state index contributed by atoms with van der Waals surface area (Å²) in [5, 5.41) is 0. The summed E-state index contributed by atoms with van der Waals surface area (Å²) >= 11 is 1.94. The van der Waals surface area contributed by atoms with Crippen molar-refractivity contribution in [3.63, 3.8) is 0 Å². The Labute approximate surface area is 111 Å². The van der Waals surface area contributed by atoms with Crippen molar-refractivity contribution in [2.45, 2.75) is 24.7 Å². The molecule has 3 nitrogen and oxygen atoms in total. The highest BCUT2D eigenvalue weighted by atomic mass is 32.2. The van der Waals surface area contributed by atoms with Gasteiger partial charge in [-0.05, 0) is 49.3 Å². The number of aromatic nitrogens is 2. The van der Waals surface area contributed by atoms with Gasteiger partial charge in [0.05, 0.1) is 5.69 Å². The van der Waals surface area contributed by atoms with Gasteiger partial charge < -0.3 is 5.73 Å². The molecular formula is C14H15N3S. The summed E-state index contributed by atoms with van der Waals surface area (Å²) in [6, 6.07) is 8.54. The first-order valence-corrected chi connectivity index (χ1v) is 7.08. The van der Waals surface area contributed by atoms with E-state index in [2.05, 4.69) is 28.2 Å². The number of thioether (sulfide) groups is 1. The van der Waals surface area contributed by atoms with Gasteiger partial charge in [-0.25, -0.2) is 9.97 Å². The second-order valence-corrected chi connectivity index (χ2v) is 5.66. The molecule has 1 aliphatic rings. The van der Waals surface area contributed by atoms with Crippen molar-refractivity contribution in [3.05, 3.63) is 35.5 Å². The van der Waals surface area contributed by atoms with Crippen LogP contribution in [0.2, 0.25) is 0 Å². The van der Waals surface area contributed by atoms with Crippen molar-refractivity contribution in [1.29, 1.82) is 0 Å². The highest BCUT2D eigenvalue weighted by Gasteiger charge is 2.11. The van der Waals surface area contributed by atoms with Gasteiger partial charge in [0.1, 0.15) is 0 Å². The molecule has 2 N–H and O–H groups in total. The van der Waals surface area contributed by atoms with Crippen LogP contribution in [0.25, 0.3) is 11.3 Å². The second-order valence-electron chi connectivity index (χ2n) is 4.53. The Morgan fingerprint density at radius 3 is 2.94 bits per heavy atom. The van der Waals surface area contributed by atoms with E-state index in [0.29, 0.717) is 5.95 Å². The first-order chi connectivity index (χ1) is 8.72. The van der Waals surface area contributed by atoms with E-state index in [1.807, 2.05) is 24.8 Å². The molecule has 0 bridgehead atoms. The van der Waals surface area contributed by atoms with Gasteiger partial charge in [-0.3, -0.25) is 0 Å². The molecule has 0 aliphatic carbocycles. The maximum Gasteiger partial charge on any atom is 0.220 e. The molecule has 0 atom stereocenters. The molecule has 0 spiro atoms. The third-order valence-corrected chi connectivity index (χ3v) is 4.28. The first-order valence-electron chi connectivity index (χ1n) is 6.09. The van der Waals surface area contributed by atoms with Gasteiger partial charge >= 0.3 is 0 Å². The lowest BCUT2D eigenvalue weighted by atomic mass is 10.0. The average molecular weight is 257 g/mol. The predicted octanol–water partition coefficient (Wildman–Crippen LogP) is 3.07. The molecule has 1 aromatic carbocycles. The minimum atomic E-state index is 0.345. The van der Waals surface area contributed by atoms with Crippen molar-refractivity contribution in [1.82, 2.24) is 9.97 Å². The Bertz CT molecular complexity index is 575. The summed E-state index contributed by atoms with van der Waals surface area (Å²) in [4.78, 5) is 9.83. The number of anilines is 1. The van der Waals surface area contributed by atoms with Crippen LogP contribution < -0.4 is 5.73 Å².